The Morgan fingerprint density at radius 3 is 2.46 bits per heavy atom. The van der Waals surface area contributed by atoms with Crippen molar-refractivity contribution in [3.8, 4) is 0 Å². The van der Waals surface area contributed by atoms with Gasteiger partial charge in [-0.2, -0.15) is 0 Å². The van der Waals surface area contributed by atoms with Crippen molar-refractivity contribution in [2.45, 2.75) is 56.4 Å². The molecule has 4 rings (SSSR count). The summed E-state index contributed by atoms with van der Waals surface area (Å²) in [5, 5.41) is 0.667. The highest BCUT2D eigenvalue weighted by Gasteiger charge is 2.37. The van der Waals surface area contributed by atoms with Gasteiger partial charge >= 0.3 is 5.97 Å². The van der Waals surface area contributed by atoms with Crippen LogP contribution >= 0.6 is 0 Å². The molecule has 7 heteroatoms. The molecule has 0 spiro atoms. The van der Waals surface area contributed by atoms with Crippen LogP contribution in [-0.2, 0) is 4.74 Å². The molecule has 4 nitrogen and oxygen atoms in total. The predicted octanol–water partition coefficient (Wildman–Crippen LogP) is 4.85. The first-order valence-corrected chi connectivity index (χ1v) is 9.88. The minimum Gasteiger partial charge on any atom is -0.465 e. The van der Waals surface area contributed by atoms with E-state index in [9.17, 15) is 18.0 Å². The number of alkyl halides is 2. The number of benzene rings is 1. The lowest BCUT2D eigenvalue weighted by Crippen LogP contribution is -2.44. The summed E-state index contributed by atoms with van der Waals surface area (Å²) in [4.78, 5) is 17.6. The van der Waals surface area contributed by atoms with Crippen LogP contribution in [0.15, 0.2) is 18.2 Å². The summed E-state index contributed by atoms with van der Waals surface area (Å²) in [5.41, 5.74) is 1.80. The summed E-state index contributed by atoms with van der Waals surface area (Å²) in [6, 6.07) is 4.77. The van der Waals surface area contributed by atoms with Crippen molar-refractivity contribution >= 4 is 16.9 Å². The largest absolute Gasteiger partial charge is 0.465 e. The van der Waals surface area contributed by atoms with Gasteiger partial charge in [0.05, 0.1) is 12.7 Å². The summed E-state index contributed by atoms with van der Waals surface area (Å²) < 4.78 is 45.4. The number of carbonyl (C=O) groups is 1. The first-order chi connectivity index (χ1) is 13.4. The first kappa shape index (κ1) is 19.3. The standard InChI is InChI=1S/C21H25F3N2O2/c1-28-20(27)17-10-14(22)11-19-16(17)12-18(25-19)13-4-8-26(9-5-13)15-2-6-21(23,24)7-3-15/h10-13,15,25H,2-9H2,1H3. The number of hydrogen-bond donors (Lipinski definition) is 1. The number of H-pyrrole nitrogens is 1. The summed E-state index contributed by atoms with van der Waals surface area (Å²) >= 11 is 0. The van der Waals surface area contributed by atoms with Crippen LogP contribution in [0.4, 0.5) is 13.2 Å². The number of rotatable bonds is 3. The molecule has 0 bridgehead atoms. The maximum atomic E-state index is 13.9. The lowest BCUT2D eigenvalue weighted by atomic mass is 9.87. The number of aromatic nitrogens is 1. The second-order valence-electron chi connectivity index (χ2n) is 8.03. The average Bonchev–Trinajstić information content (AvgIpc) is 3.10. The van der Waals surface area contributed by atoms with Gasteiger partial charge in [-0.15, -0.1) is 0 Å². The maximum Gasteiger partial charge on any atom is 0.338 e. The maximum absolute atomic E-state index is 13.9. The fourth-order valence-corrected chi connectivity index (χ4v) is 4.69. The zero-order chi connectivity index (χ0) is 19.9. The molecule has 0 atom stereocenters. The topological polar surface area (TPSA) is 45.3 Å². The Hall–Kier alpha value is -2.02. The minimum absolute atomic E-state index is 0.0124. The third kappa shape index (κ3) is 3.77. The van der Waals surface area contributed by atoms with E-state index >= 15 is 0 Å². The van der Waals surface area contributed by atoms with Gasteiger partial charge in [0.2, 0.25) is 5.92 Å². The minimum atomic E-state index is -2.49. The van der Waals surface area contributed by atoms with Crippen molar-refractivity contribution in [3.05, 3.63) is 35.3 Å². The van der Waals surface area contributed by atoms with E-state index in [1.807, 2.05) is 6.07 Å². The number of piperidine rings is 1. The third-order valence-corrected chi connectivity index (χ3v) is 6.30. The summed E-state index contributed by atoms with van der Waals surface area (Å²) in [5.74, 6) is -3.25. The number of fused-ring (bicyclic) bond motifs is 1. The van der Waals surface area contributed by atoms with E-state index in [1.165, 1.54) is 19.2 Å². The van der Waals surface area contributed by atoms with Crippen molar-refractivity contribution < 1.29 is 22.7 Å². The Morgan fingerprint density at radius 2 is 1.82 bits per heavy atom. The molecule has 2 aromatic rings. The van der Waals surface area contributed by atoms with Crippen molar-refractivity contribution in [1.82, 2.24) is 9.88 Å². The molecule has 0 amide bonds. The second kappa shape index (κ2) is 7.43. The fraction of sp³-hybridized carbons (Fsp3) is 0.571. The Labute approximate surface area is 162 Å². The van der Waals surface area contributed by atoms with Crippen LogP contribution in [0.5, 0.6) is 0 Å². The van der Waals surface area contributed by atoms with E-state index in [2.05, 4.69) is 9.88 Å². The van der Waals surface area contributed by atoms with Crippen molar-refractivity contribution in [2.75, 3.05) is 20.2 Å². The van der Waals surface area contributed by atoms with Crippen molar-refractivity contribution in [1.29, 1.82) is 0 Å². The van der Waals surface area contributed by atoms with E-state index < -0.39 is 17.7 Å². The smallest absolute Gasteiger partial charge is 0.338 e. The molecule has 152 valence electrons. The molecule has 2 aliphatic rings. The number of nitrogens with zero attached hydrogens (tertiary/aromatic N) is 1. The molecule has 28 heavy (non-hydrogen) atoms. The number of carbonyl (C=O) groups excluding carboxylic acids is 1. The molecular weight excluding hydrogens is 369 g/mol. The van der Waals surface area contributed by atoms with Gasteiger partial charge in [0, 0.05) is 41.4 Å². The van der Waals surface area contributed by atoms with Crippen LogP contribution in [0.1, 0.15) is 60.5 Å². The zero-order valence-electron chi connectivity index (χ0n) is 15.9. The molecule has 1 saturated heterocycles. The van der Waals surface area contributed by atoms with E-state index in [0.717, 1.165) is 31.6 Å². The Bertz CT molecular complexity index is 862. The van der Waals surface area contributed by atoms with Crippen LogP contribution < -0.4 is 0 Å². The molecule has 2 fully saturated rings. The third-order valence-electron chi connectivity index (χ3n) is 6.30. The van der Waals surface area contributed by atoms with Crippen LogP contribution in [0.2, 0.25) is 0 Å². The molecule has 0 radical (unpaired) electrons. The van der Waals surface area contributed by atoms with Gasteiger partial charge in [0.25, 0.3) is 0 Å². The van der Waals surface area contributed by atoms with Gasteiger partial charge in [-0.25, -0.2) is 18.0 Å². The number of ether oxygens (including phenoxy) is 1. The number of aromatic amines is 1. The Balaban J connectivity index is 1.46. The van der Waals surface area contributed by atoms with Crippen LogP contribution in [0.25, 0.3) is 10.9 Å². The number of likely N-dealkylation sites (tertiary alicyclic amines) is 1. The van der Waals surface area contributed by atoms with Gasteiger partial charge in [-0.1, -0.05) is 0 Å². The highest BCUT2D eigenvalue weighted by molar-refractivity contribution is 6.04. The van der Waals surface area contributed by atoms with Gasteiger partial charge in [0.1, 0.15) is 5.82 Å². The summed E-state index contributed by atoms with van der Waals surface area (Å²) in [7, 11) is 1.28. The molecule has 0 unspecified atom stereocenters. The fourth-order valence-electron chi connectivity index (χ4n) is 4.69. The van der Waals surface area contributed by atoms with Crippen LogP contribution in [0, 0.1) is 5.82 Å². The SMILES string of the molecule is COC(=O)c1cc(F)cc2[nH]c(C3CCN(C4CCC(F)(F)CC4)CC3)cc12. The molecule has 2 heterocycles. The van der Waals surface area contributed by atoms with Gasteiger partial charge in [-0.05, 0) is 57.0 Å². The van der Waals surface area contributed by atoms with E-state index in [4.69, 9.17) is 4.74 Å². The predicted molar refractivity (Wildman–Crippen MR) is 100 cm³/mol. The van der Waals surface area contributed by atoms with E-state index in [0.29, 0.717) is 23.7 Å². The van der Waals surface area contributed by atoms with Gasteiger partial charge in [-0.3, -0.25) is 0 Å². The molecular formula is C21H25F3N2O2. The lowest BCUT2D eigenvalue weighted by molar-refractivity contribution is -0.0558. The normalized spacial score (nSPS) is 21.9. The number of esters is 1. The van der Waals surface area contributed by atoms with Crippen LogP contribution in [-0.4, -0.2) is 48.0 Å². The zero-order valence-corrected chi connectivity index (χ0v) is 15.9. The molecule has 1 N–H and O–H groups in total. The molecule has 1 aliphatic heterocycles. The van der Waals surface area contributed by atoms with Gasteiger partial charge < -0.3 is 14.6 Å². The van der Waals surface area contributed by atoms with E-state index in [1.54, 1.807) is 0 Å². The molecule has 1 saturated carbocycles. The number of halogens is 3. The van der Waals surface area contributed by atoms with Crippen molar-refractivity contribution in [3.63, 3.8) is 0 Å². The second-order valence-corrected chi connectivity index (χ2v) is 8.03. The number of methoxy groups -OCH3 is 1. The quantitative estimate of drug-likeness (QED) is 0.757. The first-order valence-electron chi connectivity index (χ1n) is 9.88. The Kier molecular flexibility index (Phi) is 5.12. The molecule has 1 aromatic heterocycles. The van der Waals surface area contributed by atoms with E-state index in [-0.39, 0.29) is 30.4 Å². The van der Waals surface area contributed by atoms with Crippen molar-refractivity contribution in [2.24, 2.45) is 0 Å². The number of hydrogen-bond acceptors (Lipinski definition) is 3. The Morgan fingerprint density at radius 1 is 1.14 bits per heavy atom. The summed E-state index contributed by atoms with van der Waals surface area (Å²) in [6.07, 6.45) is 2.92. The molecule has 1 aromatic carbocycles. The highest BCUT2D eigenvalue weighted by Crippen LogP contribution is 2.38. The highest BCUT2D eigenvalue weighted by atomic mass is 19.3. The summed E-state index contributed by atoms with van der Waals surface area (Å²) in [6.45, 7) is 1.74. The number of nitrogens with one attached hydrogen (secondary N) is 1. The van der Waals surface area contributed by atoms with Crippen LogP contribution in [0.3, 0.4) is 0 Å². The average molecular weight is 394 g/mol. The molecule has 1 aliphatic carbocycles. The lowest BCUT2D eigenvalue weighted by Gasteiger charge is -2.40. The van der Waals surface area contributed by atoms with Gasteiger partial charge in [0.15, 0.2) is 0 Å². The monoisotopic (exact) mass is 394 g/mol.